The molecule has 0 aromatic carbocycles. The fourth-order valence-corrected chi connectivity index (χ4v) is 1.94. The van der Waals surface area contributed by atoms with E-state index in [0.29, 0.717) is 13.2 Å². The third-order valence-electron chi connectivity index (χ3n) is 2.98. The number of rotatable bonds is 7. The number of carboxylic acids is 1. The molecule has 0 spiro atoms. The van der Waals surface area contributed by atoms with Crippen molar-refractivity contribution in [2.75, 3.05) is 33.4 Å². The highest BCUT2D eigenvalue weighted by Crippen LogP contribution is 2.14. The first-order valence-electron chi connectivity index (χ1n) is 6.15. The SMILES string of the molecule is COCC(=O)N(CC1CCCO1)CC(C)C(=O)O. The molecule has 0 bridgehead atoms. The maximum absolute atomic E-state index is 11.8. The molecule has 0 aromatic heterocycles. The summed E-state index contributed by atoms with van der Waals surface area (Å²) in [7, 11) is 1.45. The lowest BCUT2D eigenvalue weighted by atomic mass is 10.1. The molecule has 1 rings (SSSR count). The number of carbonyl (C=O) groups is 2. The minimum Gasteiger partial charge on any atom is -0.481 e. The van der Waals surface area contributed by atoms with Crippen molar-refractivity contribution in [1.82, 2.24) is 4.90 Å². The van der Waals surface area contributed by atoms with E-state index >= 15 is 0 Å². The highest BCUT2D eigenvalue weighted by Gasteiger charge is 2.25. The topological polar surface area (TPSA) is 76.1 Å². The maximum atomic E-state index is 11.8. The third-order valence-corrected chi connectivity index (χ3v) is 2.98. The molecule has 1 amide bonds. The minimum atomic E-state index is -0.905. The quantitative estimate of drug-likeness (QED) is 0.714. The third kappa shape index (κ3) is 4.62. The molecule has 6 heteroatoms. The highest BCUT2D eigenvalue weighted by molar-refractivity contribution is 5.78. The van der Waals surface area contributed by atoms with Crippen LogP contribution in [0.2, 0.25) is 0 Å². The van der Waals surface area contributed by atoms with Gasteiger partial charge in [-0.1, -0.05) is 6.92 Å². The molecule has 1 aliphatic heterocycles. The van der Waals surface area contributed by atoms with E-state index < -0.39 is 11.9 Å². The van der Waals surface area contributed by atoms with Gasteiger partial charge in [-0.15, -0.1) is 0 Å². The number of hydrogen-bond acceptors (Lipinski definition) is 4. The average molecular weight is 259 g/mol. The van der Waals surface area contributed by atoms with Gasteiger partial charge in [-0.25, -0.2) is 0 Å². The molecule has 1 N–H and O–H groups in total. The van der Waals surface area contributed by atoms with E-state index in [-0.39, 0.29) is 25.2 Å². The molecule has 0 saturated carbocycles. The van der Waals surface area contributed by atoms with E-state index in [0.717, 1.165) is 12.8 Å². The van der Waals surface area contributed by atoms with Gasteiger partial charge in [0.25, 0.3) is 0 Å². The van der Waals surface area contributed by atoms with Gasteiger partial charge in [0.2, 0.25) is 5.91 Å². The molecule has 1 saturated heterocycles. The van der Waals surface area contributed by atoms with E-state index in [9.17, 15) is 9.59 Å². The summed E-state index contributed by atoms with van der Waals surface area (Å²) in [6.07, 6.45) is 1.93. The number of ether oxygens (including phenoxy) is 2. The molecule has 1 aliphatic rings. The van der Waals surface area contributed by atoms with E-state index in [2.05, 4.69) is 0 Å². The van der Waals surface area contributed by atoms with Crippen LogP contribution in [-0.2, 0) is 19.1 Å². The Balaban J connectivity index is 2.55. The van der Waals surface area contributed by atoms with Gasteiger partial charge in [-0.05, 0) is 12.8 Å². The summed E-state index contributed by atoms with van der Waals surface area (Å²) in [6.45, 7) is 2.91. The van der Waals surface area contributed by atoms with E-state index in [1.165, 1.54) is 12.0 Å². The van der Waals surface area contributed by atoms with Crippen molar-refractivity contribution in [2.45, 2.75) is 25.9 Å². The summed E-state index contributed by atoms with van der Waals surface area (Å²) in [5.41, 5.74) is 0. The first kappa shape index (κ1) is 14.9. The molecule has 1 heterocycles. The lowest BCUT2D eigenvalue weighted by Gasteiger charge is -2.26. The van der Waals surface area contributed by atoms with Crippen LogP contribution in [0.4, 0.5) is 0 Å². The Morgan fingerprint density at radius 2 is 2.28 bits per heavy atom. The second kappa shape index (κ2) is 7.33. The van der Waals surface area contributed by atoms with E-state index in [1.807, 2.05) is 0 Å². The highest BCUT2D eigenvalue weighted by atomic mass is 16.5. The lowest BCUT2D eigenvalue weighted by molar-refractivity contribution is -0.144. The Morgan fingerprint density at radius 3 is 2.78 bits per heavy atom. The Morgan fingerprint density at radius 1 is 1.56 bits per heavy atom. The molecule has 0 aromatic rings. The summed E-state index contributed by atoms with van der Waals surface area (Å²) in [5, 5.41) is 8.90. The number of hydrogen-bond donors (Lipinski definition) is 1. The fraction of sp³-hybridized carbons (Fsp3) is 0.833. The van der Waals surface area contributed by atoms with Crippen molar-refractivity contribution < 1.29 is 24.2 Å². The molecule has 1 fully saturated rings. The van der Waals surface area contributed by atoms with Crippen molar-refractivity contribution in [3.8, 4) is 0 Å². The first-order valence-corrected chi connectivity index (χ1v) is 6.15. The number of nitrogens with zero attached hydrogens (tertiary/aromatic N) is 1. The van der Waals surface area contributed by atoms with Crippen LogP contribution in [0.1, 0.15) is 19.8 Å². The minimum absolute atomic E-state index is 0.0202. The summed E-state index contributed by atoms with van der Waals surface area (Å²) in [5.74, 6) is -1.69. The molecule has 2 unspecified atom stereocenters. The number of aliphatic carboxylic acids is 1. The Bertz CT molecular complexity index is 288. The molecule has 104 valence electrons. The summed E-state index contributed by atoms with van der Waals surface area (Å²) in [6, 6.07) is 0. The molecule has 18 heavy (non-hydrogen) atoms. The second-order valence-corrected chi connectivity index (χ2v) is 4.61. The predicted octanol–water partition coefficient (Wildman–Crippen LogP) is 0.361. The average Bonchev–Trinajstić information content (AvgIpc) is 2.81. The van der Waals surface area contributed by atoms with E-state index in [1.54, 1.807) is 6.92 Å². The molecule has 0 aliphatic carbocycles. The number of amides is 1. The van der Waals surface area contributed by atoms with Gasteiger partial charge >= 0.3 is 5.97 Å². The summed E-state index contributed by atoms with van der Waals surface area (Å²) < 4.78 is 10.3. The van der Waals surface area contributed by atoms with Crippen molar-refractivity contribution >= 4 is 11.9 Å². The van der Waals surface area contributed by atoms with E-state index in [4.69, 9.17) is 14.6 Å². The molecular weight excluding hydrogens is 238 g/mol. The van der Waals surface area contributed by atoms with Crippen LogP contribution in [0, 0.1) is 5.92 Å². The van der Waals surface area contributed by atoms with Gasteiger partial charge in [0.05, 0.1) is 12.0 Å². The van der Waals surface area contributed by atoms with Crippen LogP contribution < -0.4 is 0 Å². The number of carbonyl (C=O) groups excluding carboxylic acids is 1. The second-order valence-electron chi connectivity index (χ2n) is 4.61. The summed E-state index contributed by atoms with van der Waals surface area (Å²) in [4.78, 5) is 24.2. The predicted molar refractivity (Wildman–Crippen MR) is 64.2 cm³/mol. The summed E-state index contributed by atoms with van der Waals surface area (Å²) >= 11 is 0. The Labute approximate surface area is 107 Å². The zero-order valence-electron chi connectivity index (χ0n) is 10.9. The van der Waals surface area contributed by atoms with Gasteiger partial charge in [-0.2, -0.15) is 0 Å². The van der Waals surface area contributed by atoms with Crippen LogP contribution in [0.25, 0.3) is 0 Å². The number of carboxylic acid groups (broad SMARTS) is 1. The molecule has 6 nitrogen and oxygen atoms in total. The standard InChI is InChI=1S/C12H21NO5/c1-9(12(15)16)6-13(11(14)8-17-2)7-10-4-3-5-18-10/h9-10H,3-8H2,1-2H3,(H,15,16). The van der Waals surface area contributed by atoms with Crippen LogP contribution in [0.3, 0.4) is 0 Å². The van der Waals surface area contributed by atoms with Crippen LogP contribution in [0.15, 0.2) is 0 Å². The smallest absolute Gasteiger partial charge is 0.308 e. The monoisotopic (exact) mass is 259 g/mol. The van der Waals surface area contributed by atoms with Gasteiger partial charge in [0, 0.05) is 26.8 Å². The van der Waals surface area contributed by atoms with Gasteiger partial charge in [-0.3, -0.25) is 9.59 Å². The fourth-order valence-electron chi connectivity index (χ4n) is 1.94. The molecular formula is C12H21NO5. The number of methoxy groups -OCH3 is 1. The largest absolute Gasteiger partial charge is 0.481 e. The van der Waals surface area contributed by atoms with Crippen molar-refractivity contribution in [3.63, 3.8) is 0 Å². The van der Waals surface area contributed by atoms with Gasteiger partial charge < -0.3 is 19.5 Å². The molecule has 2 atom stereocenters. The van der Waals surface area contributed by atoms with Crippen molar-refractivity contribution in [3.05, 3.63) is 0 Å². The van der Waals surface area contributed by atoms with Gasteiger partial charge in [0.15, 0.2) is 0 Å². The van der Waals surface area contributed by atoms with Gasteiger partial charge in [0.1, 0.15) is 6.61 Å². The first-order chi connectivity index (χ1) is 8.54. The maximum Gasteiger partial charge on any atom is 0.308 e. The van der Waals surface area contributed by atoms with Crippen LogP contribution in [0.5, 0.6) is 0 Å². The normalized spacial score (nSPS) is 20.7. The van der Waals surface area contributed by atoms with Crippen molar-refractivity contribution in [2.24, 2.45) is 5.92 Å². The molecule has 0 radical (unpaired) electrons. The van der Waals surface area contributed by atoms with Crippen LogP contribution >= 0.6 is 0 Å². The van der Waals surface area contributed by atoms with Crippen LogP contribution in [-0.4, -0.2) is 61.4 Å². The zero-order valence-corrected chi connectivity index (χ0v) is 10.9. The Kier molecular flexibility index (Phi) is 6.07. The lowest BCUT2D eigenvalue weighted by Crippen LogP contribution is -2.43. The zero-order chi connectivity index (χ0) is 13.5. The Hall–Kier alpha value is -1.14. The van der Waals surface area contributed by atoms with Crippen molar-refractivity contribution in [1.29, 1.82) is 0 Å².